The lowest BCUT2D eigenvalue weighted by Crippen LogP contribution is -2.35. The average Bonchev–Trinajstić information content (AvgIpc) is 3.08. The van der Waals surface area contributed by atoms with Crippen molar-refractivity contribution >= 4 is 11.8 Å². The van der Waals surface area contributed by atoms with Crippen molar-refractivity contribution in [3.8, 4) is 5.75 Å². The molecule has 1 aromatic heterocycles. The van der Waals surface area contributed by atoms with Gasteiger partial charge in [0.25, 0.3) is 0 Å². The highest BCUT2D eigenvalue weighted by Crippen LogP contribution is 2.20. The molecule has 1 atom stereocenters. The topological polar surface area (TPSA) is 71.5 Å². The fraction of sp³-hybridized carbons (Fsp3) is 0.381. The zero-order chi connectivity index (χ0) is 19.2. The summed E-state index contributed by atoms with van der Waals surface area (Å²) in [6.45, 7) is 5.23. The first kappa shape index (κ1) is 18.9. The Morgan fingerprint density at radius 2 is 2.15 bits per heavy atom. The fourth-order valence-corrected chi connectivity index (χ4v) is 3.13. The highest BCUT2D eigenvalue weighted by Gasteiger charge is 2.35. The van der Waals surface area contributed by atoms with Gasteiger partial charge in [-0.1, -0.05) is 18.2 Å². The molecule has 1 saturated heterocycles. The van der Waals surface area contributed by atoms with Crippen molar-refractivity contribution in [1.29, 1.82) is 0 Å². The zero-order valence-corrected chi connectivity index (χ0v) is 15.7. The van der Waals surface area contributed by atoms with Crippen LogP contribution >= 0.6 is 0 Å². The Balaban J connectivity index is 1.51. The minimum absolute atomic E-state index is 0.0510. The van der Waals surface area contributed by atoms with Crippen LogP contribution in [0.15, 0.2) is 48.7 Å². The van der Waals surface area contributed by atoms with Gasteiger partial charge >= 0.3 is 0 Å². The van der Waals surface area contributed by atoms with Crippen LogP contribution < -0.4 is 10.1 Å². The van der Waals surface area contributed by atoms with Gasteiger partial charge in [-0.15, -0.1) is 0 Å². The van der Waals surface area contributed by atoms with Crippen molar-refractivity contribution in [2.24, 2.45) is 5.92 Å². The smallest absolute Gasteiger partial charge is 0.225 e. The molecule has 6 nitrogen and oxygen atoms in total. The summed E-state index contributed by atoms with van der Waals surface area (Å²) in [5.41, 5.74) is 1.81. The van der Waals surface area contributed by atoms with Gasteiger partial charge in [0.1, 0.15) is 12.4 Å². The maximum absolute atomic E-state index is 12.4. The number of aromatic nitrogens is 1. The average molecular weight is 367 g/mol. The number of likely N-dealkylation sites (tertiary alicyclic amines) is 1. The molecule has 1 aliphatic rings. The number of benzene rings is 1. The first-order valence-electron chi connectivity index (χ1n) is 9.22. The van der Waals surface area contributed by atoms with E-state index in [4.69, 9.17) is 4.74 Å². The SMILES string of the molecule is CC(C)N1CC(C(=O)NCc2cccc(OCc3ccccn3)c2)CC1=O. The second-order valence-corrected chi connectivity index (χ2v) is 7.02. The summed E-state index contributed by atoms with van der Waals surface area (Å²) in [5.74, 6) is 0.430. The van der Waals surface area contributed by atoms with E-state index in [2.05, 4.69) is 10.3 Å². The van der Waals surface area contributed by atoms with Crippen LogP contribution in [0.3, 0.4) is 0 Å². The summed E-state index contributed by atoms with van der Waals surface area (Å²) in [6, 6.07) is 13.4. The van der Waals surface area contributed by atoms with Gasteiger partial charge in [0.2, 0.25) is 11.8 Å². The highest BCUT2D eigenvalue weighted by atomic mass is 16.5. The van der Waals surface area contributed by atoms with Crippen LogP contribution in [0.2, 0.25) is 0 Å². The van der Waals surface area contributed by atoms with Gasteiger partial charge in [-0.05, 0) is 43.7 Å². The lowest BCUT2D eigenvalue weighted by molar-refractivity contribution is -0.129. The first-order valence-corrected chi connectivity index (χ1v) is 9.22. The summed E-state index contributed by atoms with van der Waals surface area (Å²) in [7, 11) is 0. The van der Waals surface area contributed by atoms with E-state index in [1.54, 1.807) is 11.1 Å². The molecule has 0 spiro atoms. The van der Waals surface area contributed by atoms with Gasteiger partial charge in [-0.25, -0.2) is 0 Å². The number of carbonyl (C=O) groups is 2. The molecule has 0 saturated carbocycles. The number of hydrogen-bond donors (Lipinski definition) is 1. The van der Waals surface area contributed by atoms with Crippen LogP contribution in [0.5, 0.6) is 5.75 Å². The fourth-order valence-electron chi connectivity index (χ4n) is 3.13. The molecule has 3 rings (SSSR count). The molecular weight excluding hydrogens is 342 g/mol. The number of rotatable bonds is 7. The molecule has 1 N–H and O–H groups in total. The number of pyridine rings is 1. The monoisotopic (exact) mass is 367 g/mol. The maximum atomic E-state index is 12.4. The van der Waals surface area contributed by atoms with Gasteiger partial charge in [0.05, 0.1) is 11.6 Å². The third kappa shape index (κ3) is 5.06. The van der Waals surface area contributed by atoms with Crippen LogP contribution in [0.1, 0.15) is 31.5 Å². The van der Waals surface area contributed by atoms with Crippen molar-refractivity contribution in [2.45, 2.75) is 39.5 Å². The Morgan fingerprint density at radius 3 is 2.85 bits per heavy atom. The molecule has 2 aromatic rings. The van der Waals surface area contributed by atoms with Crippen molar-refractivity contribution in [2.75, 3.05) is 6.54 Å². The van der Waals surface area contributed by atoms with Crippen LogP contribution in [0, 0.1) is 5.92 Å². The Labute approximate surface area is 159 Å². The summed E-state index contributed by atoms with van der Waals surface area (Å²) in [4.78, 5) is 30.4. The second-order valence-electron chi connectivity index (χ2n) is 7.02. The zero-order valence-electron chi connectivity index (χ0n) is 15.7. The number of amides is 2. The number of ether oxygens (including phenoxy) is 1. The van der Waals surface area contributed by atoms with Crippen molar-refractivity contribution < 1.29 is 14.3 Å². The van der Waals surface area contributed by atoms with E-state index in [0.29, 0.717) is 19.7 Å². The second kappa shape index (κ2) is 8.66. The Bertz CT molecular complexity index is 792. The lowest BCUT2D eigenvalue weighted by atomic mass is 10.1. The Hall–Kier alpha value is -2.89. The van der Waals surface area contributed by atoms with E-state index in [1.165, 1.54) is 0 Å². The molecule has 1 fully saturated rings. The summed E-state index contributed by atoms with van der Waals surface area (Å²) in [6.07, 6.45) is 2.02. The van der Waals surface area contributed by atoms with Crippen LogP contribution in [-0.2, 0) is 22.7 Å². The summed E-state index contributed by atoms with van der Waals surface area (Å²) >= 11 is 0. The molecule has 0 radical (unpaired) electrons. The number of carbonyl (C=O) groups excluding carboxylic acids is 2. The standard InChI is InChI=1S/C21H25N3O3/c1-15(2)24-13-17(11-20(24)25)21(26)23-12-16-6-5-8-19(10-16)27-14-18-7-3-4-9-22-18/h3-10,15,17H,11-14H2,1-2H3,(H,23,26). The maximum Gasteiger partial charge on any atom is 0.225 e. The van der Waals surface area contributed by atoms with E-state index in [0.717, 1.165) is 17.0 Å². The van der Waals surface area contributed by atoms with Gasteiger partial charge in [0, 0.05) is 31.7 Å². The number of nitrogens with one attached hydrogen (secondary N) is 1. The van der Waals surface area contributed by atoms with Crippen molar-refractivity contribution in [3.63, 3.8) is 0 Å². The number of hydrogen-bond acceptors (Lipinski definition) is 4. The molecule has 27 heavy (non-hydrogen) atoms. The predicted octanol–water partition coefficient (Wildman–Crippen LogP) is 2.53. The molecule has 142 valence electrons. The normalized spacial score (nSPS) is 16.6. The Kier molecular flexibility index (Phi) is 6.06. The lowest BCUT2D eigenvalue weighted by Gasteiger charge is -2.20. The van der Waals surface area contributed by atoms with Crippen LogP contribution in [-0.4, -0.2) is 34.3 Å². The van der Waals surface area contributed by atoms with Gasteiger partial charge in [0.15, 0.2) is 0 Å². The summed E-state index contributed by atoms with van der Waals surface area (Å²) < 4.78 is 5.77. The van der Waals surface area contributed by atoms with E-state index >= 15 is 0 Å². The van der Waals surface area contributed by atoms with Gasteiger partial charge in [-0.2, -0.15) is 0 Å². The third-order valence-corrected chi connectivity index (χ3v) is 4.63. The van der Waals surface area contributed by atoms with Gasteiger partial charge < -0.3 is 15.0 Å². The Morgan fingerprint density at radius 1 is 1.30 bits per heavy atom. The highest BCUT2D eigenvalue weighted by molar-refractivity contribution is 5.89. The molecule has 6 heteroatoms. The minimum Gasteiger partial charge on any atom is -0.487 e. The molecule has 1 aliphatic heterocycles. The van der Waals surface area contributed by atoms with E-state index in [1.807, 2.05) is 56.3 Å². The molecule has 1 unspecified atom stereocenters. The van der Waals surface area contributed by atoms with E-state index < -0.39 is 0 Å². The quantitative estimate of drug-likeness (QED) is 0.816. The van der Waals surface area contributed by atoms with Crippen LogP contribution in [0.4, 0.5) is 0 Å². The van der Waals surface area contributed by atoms with E-state index in [9.17, 15) is 9.59 Å². The largest absolute Gasteiger partial charge is 0.487 e. The first-order chi connectivity index (χ1) is 13.0. The molecule has 1 aromatic carbocycles. The molecule has 0 aliphatic carbocycles. The molecule has 2 heterocycles. The van der Waals surface area contributed by atoms with Crippen LogP contribution in [0.25, 0.3) is 0 Å². The van der Waals surface area contributed by atoms with Crippen molar-refractivity contribution in [3.05, 3.63) is 59.9 Å². The molecule has 2 amide bonds. The van der Waals surface area contributed by atoms with Crippen molar-refractivity contribution in [1.82, 2.24) is 15.2 Å². The van der Waals surface area contributed by atoms with Gasteiger partial charge in [-0.3, -0.25) is 14.6 Å². The summed E-state index contributed by atoms with van der Waals surface area (Å²) in [5, 5.41) is 2.94. The number of nitrogens with zero attached hydrogens (tertiary/aromatic N) is 2. The molecular formula is C21H25N3O3. The predicted molar refractivity (Wildman–Crippen MR) is 102 cm³/mol. The minimum atomic E-state index is -0.275. The third-order valence-electron chi connectivity index (χ3n) is 4.63. The van der Waals surface area contributed by atoms with E-state index in [-0.39, 0.29) is 30.2 Å². The molecule has 0 bridgehead atoms.